The summed E-state index contributed by atoms with van der Waals surface area (Å²) in [5.74, 6) is 1.08. The number of hydrogen-bond donors (Lipinski definition) is 0. The third-order valence-corrected chi connectivity index (χ3v) is 14.1. The molecule has 0 radical (unpaired) electrons. The van der Waals surface area contributed by atoms with Crippen LogP contribution in [-0.2, 0) is 9.59 Å². The number of aliphatic carboxylic acids is 2. The molecule has 6 aliphatic rings. The molecule has 4 nitrogen and oxygen atoms in total. The first-order chi connectivity index (χ1) is 20.6. The first-order valence-electron chi connectivity index (χ1n) is 17.8. The van der Waals surface area contributed by atoms with Gasteiger partial charge in [0.2, 0.25) is 0 Å². The van der Waals surface area contributed by atoms with Gasteiger partial charge in [-0.2, -0.15) is 0 Å². The molecule has 8 atom stereocenters. The van der Waals surface area contributed by atoms with E-state index in [9.17, 15) is 19.8 Å². The van der Waals surface area contributed by atoms with Gasteiger partial charge in [0.25, 0.3) is 0 Å². The van der Waals surface area contributed by atoms with Gasteiger partial charge in [0.05, 0.1) is 0 Å². The Balaban J connectivity index is 0.000000200. The van der Waals surface area contributed by atoms with Crippen molar-refractivity contribution in [3.05, 3.63) is 46.6 Å². The second kappa shape index (κ2) is 13.3. The SMILES string of the molecule is CC(C)C1=CC2=CCC3[C@](C)(C(=O)[O-])CCC[C@]3(C)[C@H]2CC1.CC(C)C1=CC2=CCC3[C@](C)(C(=O)[O-])CCC[C@]3(C)[C@H]2CC1.[Mg+2]. The molecule has 6 aliphatic carbocycles. The van der Waals surface area contributed by atoms with Crippen LogP contribution in [-0.4, -0.2) is 35.0 Å². The maximum atomic E-state index is 11.8. The fraction of sp³-hybridized carbons (Fsp3) is 0.750. The van der Waals surface area contributed by atoms with Gasteiger partial charge in [-0.05, 0) is 122 Å². The second-order valence-electron chi connectivity index (χ2n) is 17.0. The molecular weight excluding hydrogens is 569 g/mol. The molecule has 0 N–H and O–H groups in total. The summed E-state index contributed by atoms with van der Waals surface area (Å²) in [5, 5.41) is 23.7. The molecule has 45 heavy (non-hydrogen) atoms. The Kier molecular flexibility index (Phi) is 10.8. The monoisotopic (exact) mass is 626 g/mol. The summed E-state index contributed by atoms with van der Waals surface area (Å²) in [4.78, 5) is 23.7. The molecule has 0 amide bonds. The Bertz CT molecular complexity index is 1190. The van der Waals surface area contributed by atoms with E-state index in [1.54, 1.807) is 11.1 Å². The largest absolute Gasteiger partial charge is 2.00 e. The van der Waals surface area contributed by atoms with Gasteiger partial charge in [-0.25, -0.2) is 0 Å². The Morgan fingerprint density at radius 1 is 0.667 bits per heavy atom. The van der Waals surface area contributed by atoms with Crippen molar-refractivity contribution < 1.29 is 19.8 Å². The van der Waals surface area contributed by atoms with Crippen molar-refractivity contribution >= 4 is 35.0 Å². The summed E-state index contributed by atoms with van der Waals surface area (Å²) in [7, 11) is 0. The molecule has 0 saturated heterocycles. The van der Waals surface area contributed by atoms with Gasteiger partial charge in [0.15, 0.2) is 0 Å². The van der Waals surface area contributed by atoms with Crippen LogP contribution in [0.2, 0.25) is 0 Å². The van der Waals surface area contributed by atoms with E-state index in [0.29, 0.717) is 23.7 Å². The van der Waals surface area contributed by atoms with Crippen LogP contribution in [0.3, 0.4) is 0 Å². The minimum atomic E-state index is -0.838. The van der Waals surface area contributed by atoms with Gasteiger partial charge in [0.1, 0.15) is 0 Å². The summed E-state index contributed by atoms with van der Waals surface area (Å²) >= 11 is 0. The molecule has 0 aromatic carbocycles. The molecule has 5 heteroatoms. The number of rotatable bonds is 4. The zero-order valence-electron chi connectivity index (χ0n) is 29.6. The Hall–Kier alpha value is -1.33. The maximum absolute atomic E-state index is 11.8. The zero-order chi connectivity index (χ0) is 32.2. The van der Waals surface area contributed by atoms with Gasteiger partial charge < -0.3 is 19.8 Å². The van der Waals surface area contributed by atoms with Crippen LogP contribution in [0.4, 0.5) is 0 Å². The number of fused-ring (bicyclic) bond motifs is 6. The molecule has 2 saturated carbocycles. The van der Waals surface area contributed by atoms with Crippen LogP contribution in [0.1, 0.15) is 132 Å². The fourth-order valence-corrected chi connectivity index (χ4v) is 11.2. The van der Waals surface area contributed by atoms with Crippen molar-refractivity contribution in [3.8, 4) is 0 Å². The Labute approximate surface area is 289 Å². The number of carboxylic acid groups (broad SMARTS) is 2. The summed E-state index contributed by atoms with van der Waals surface area (Å²) in [6.07, 6.45) is 21.9. The van der Waals surface area contributed by atoms with E-state index in [1.807, 2.05) is 13.8 Å². The van der Waals surface area contributed by atoms with E-state index >= 15 is 0 Å². The predicted octanol–water partition coefficient (Wildman–Crippen LogP) is 7.36. The van der Waals surface area contributed by atoms with Crippen LogP contribution in [0, 0.1) is 57.2 Å². The topological polar surface area (TPSA) is 80.3 Å². The van der Waals surface area contributed by atoms with Crippen LogP contribution >= 0.6 is 0 Å². The zero-order valence-corrected chi connectivity index (χ0v) is 31.0. The number of carboxylic acids is 2. The fourth-order valence-electron chi connectivity index (χ4n) is 11.2. The second-order valence-corrected chi connectivity index (χ2v) is 17.0. The molecule has 0 aromatic rings. The summed E-state index contributed by atoms with van der Waals surface area (Å²) in [6, 6.07) is 0. The van der Waals surface area contributed by atoms with Crippen molar-refractivity contribution in [1.29, 1.82) is 0 Å². The third kappa shape index (κ3) is 6.20. The number of hydrogen-bond acceptors (Lipinski definition) is 4. The van der Waals surface area contributed by atoms with Gasteiger partial charge in [-0.15, -0.1) is 0 Å². The average Bonchev–Trinajstić information content (AvgIpc) is 2.96. The van der Waals surface area contributed by atoms with Crippen LogP contribution in [0.15, 0.2) is 46.6 Å². The Morgan fingerprint density at radius 2 is 1.02 bits per heavy atom. The summed E-state index contributed by atoms with van der Waals surface area (Å²) in [6.45, 7) is 17.7. The first kappa shape index (κ1) is 36.5. The van der Waals surface area contributed by atoms with E-state index in [-0.39, 0.29) is 45.7 Å². The van der Waals surface area contributed by atoms with Crippen molar-refractivity contribution in [1.82, 2.24) is 0 Å². The molecule has 0 aromatic heterocycles. The number of carbonyl (C=O) groups excluding carboxylic acids is 2. The molecule has 2 unspecified atom stereocenters. The van der Waals surface area contributed by atoms with Crippen molar-refractivity contribution in [2.75, 3.05) is 0 Å². The van der Waals surface area contributed by atoms with Crippen LogP contribution < -0.4 is 10.2 Å². The van der Waals surface area contributed by atoms with Crippen molar-refractivity contribution in [3.63, 3.8) is 0 Å². The maximum Gasteiger partial charge on any atom is 2.00 e. The van der Waals surface area contributed by atoms with E-state index in [1.165, 1.54) is 36.8 Å². The average molecular weight is 627 g/mol. The number of carbonyl (C=O) groups is 2. The molecule has 0 aliphatic heterocycles. The molecular formula is C40H58MgO4. The smallest absolute Gasteiger partial charge is 0.550 e. The first-order valence-corrected chi connectivity index (χ1v) is 17.8. The summed E-state index contributed by atoms with van der Waals surface area (Å²) < 4.78 is 0. The molecule has 2 fully saturated rings. The summed E-state index contributed by atoms with van der Waals surface area (Å²) in [5.41, 5.74) is 5.01. The third-order valence-electron chi connectivity index (χ3n) is 14.1. The quantitative estimate of drug-likeness (QED) is 0.305. The molecule has 0 spiro atoms. The van der Waals surface area contributed by atoms with E-state index in [0.717, 1.165) is 51.4 Å². The minimum Gasteiger partial charge on any atom is -0.550 e. The van der Waals surface area contributed by atoms with Gasteiger partial charge in [0, 0.05) is 22.8 Å². The van der Waals surface area contributed by atoms with E-state index < -0.39 is 22.8 Å². The van der Waals surface area contributed by atoms with Gasteiger partial charge >= 0.3 is 23.1 Å². The van der Waals surface area contributed by atoms with Crippen LogP contribution in [0.5, 0.6) is 0 Å². The van der Waals surface area contributed by atoms with Gasteiger partial charge in [-0.3, -0.25) is 0 Å². The normalized spacial score (nSPS) is 40.4. The molecule has 244 valence electrons. The van der Waals surface area contributed by atoms with Crippen molar-refractivity contribution in [2.24, 2.45) is 57.2 Å². The van der Waals surface area contributed by atoms with E-state index in [4.69, 9.17) is 0 Å². The van der Waals surface area contributed by atoms with E-state index in [2.05, 4.69) is 65.8 Å². The molecule has 0 heterocycles. The predicted molar refractivity (Wildman–Crippen MR) is 180 cm³/mol. The minimum absolute atomic E-state index is 0. The Morgan fingerprint density at radius 3 is 1.33 bits per heavy atom. The van der Waals surface area contributed by atoms with Crippen LogP contribution in [0.25, 0.3) is 0 Å². The molecule has 6 rings (SSSR count). The standard InChI is InChI=1S/2C20H30O2.Mg/c2*1-13(2)14-6-8-16-15(12-14)7-9-17-19(16,3)10-5-11-20(17,4)18(21)22;/h2*7,12-13,16-17H,5-6,8-11H2,1-4H3,(H,21,22);/q;;+2/p-2/t2*16-,17?,19+,20+;/m00./s1. The number of allylic oxidation sites excluding steroid dienone is 8. The van der Waals surface area contributed by atoms with Gasteiger partial charge in [-0.1, -0.05) is 104 Å². The molecule has 0 bridgehead atoms. The van der Waals surface area contributed by atoms with Crippen molar-refractivity contribution in [2.45, 2.75) is 132 Å².